The van der Waals surface area contributed by atoms with Crippen molar-refractivity contribution in [1.29, 1.82) is 0 Å². The van der Waals surface area contributed by atoms with Crippen molar-refractivity contribution in [2.75, 3.05) is 6.54 Å². The number of hydrogen-bond acceptors (Lipinski definition) is 3. The van der Waals surface area contributed by atoms with E-state index in [9.17, 15) is 13.6 Å². The maximum Gasteiger partial charge on any atom is 0.260 e. The summed E-state index contributed by atoms with van der Waals surface area (Å²) >= 11 is 0. The molecule has 3 rings (SSSR count). The van der Waals surface area contributed by atoms with E-state index in [1.165, 1.54) is 17.9 Å². The molecular formula is C17H18F2N2O2. The Hall–Kier alpha value is -2.24. The molecule has 122 valence electrons. The highest BCUT2D eigenvalue weighted by atomic mass is 19.1. The van der Waals surface area contributed by atoms with Crippen LogP contribution in [-0.4, -0.2) is 22.3 Å². The Morgan fingerprint density at radius 1 is 1.35 bits per heavy atom. The standard InChI is InChI=1S/C17H18F2N2O2/c1-9(2)16-20-12-8-21(7-6-13(12)23-16)17(22)14-11(18)5-4-10(3)15(14)19/h4-5,9H,6-8H2,1-3H3. The first-order chi connectivity index (χ1) is 10.9. The summed E-state index contributed by atoms with van der Waals surface area (Å²) in [7, 11) is 0. The van der Waals surface area contributed by atoms with Crippen LogP contribution in [0, 0.1) is 18.6 Å². The third kappa shape index (κ3) is 2.73. The number of aromatic nitrogens is 1. The molecule has 2 aromatic rings. The van der Waals surface area contributed by atoms with Gasteiger partial charge < -0.3 is 9.32 Å². The lowest BCUT2D eigenvalue weighted by atomic mass is 10.1. The Kier molecular flexibility index (Phi) is 3.92. The van der Waals surface area contributed by atoms with Gasteiger partial charge >= 0.3 is 0 Å². The maximum absolute atomic E-state index is 14.2. The van der Waals surface area contributed by atoms with Crippen LogP contribution in [0.4, 0.5) is 8.78 Å². The van der Waals surface area contributed by atoms with Gasteiger partial charge in [-0.05, 0) is 18.6 Å². The molecule has 0 fully saturated rings. The van der Waals surface area contributed by atoms with Crippen LogP contribution in [0.5, 0.6) is 0 Å². The molecule has 0 atom stereocenters. The molecule has 1 aliphatic rings. The lowest BCUT2D eigenvalue weighted by Crippen LogP contribution is -2.36. The first kappa shape index (κ1) is 15.6. The number of hydrogen-bond donors (Lipinski definition) is 0. The average Bonchev–Trinajstić information content (AvgIpc) is 2.94. The van der Waals surface area contributed by atoms with Crippen molar-refractivity contribution < 1.29 is 18.0 Å². The topological polar surface area (TPSA) is 46.3 Å². The molecule has 1 aromatic carbocycles. The summed E-state index contributed by atoms with van der Waals surface area (Å²) in [6.07, 6.45) is 0.496. The molecule has 0 radical (unpaired) electrons. The summed E-state index contributed by atoms with van der Waals surface area (Å²) in [6, 6.07) is 2.44. The minimum Gasteiger partial charge on any atom is -0.445 e. The zero-order valence-corrected chi connectivity index (χ0v) is 13.3. The largest absolute Gasteiger partial charge is 0.445 e. The maximum atomic E-state index is 14.2. The molecule has 6 heteroatoms. The third-order valence-corrected chi connectivity index (χ3v) is 4.02. The van der Waals surface area contributed by atoms with Crippen molar-refractivity contribution in [3.05, 3.63) is 52.2 Å². The number of aryl methyl sites for hydroxylation is 1. The van der Waals surface area contributed by atoms with Crippen LogP contribution in [0.1, 0.15) is 53.0 Å². The molecular weight excluding hydrogens is 302 g/mol. The quantitative estimate of drug-likeness (QED) is 0.849. The van der Waals surface area contributed by atoms with E-state index in [2.05, 4.69) is 4.98 Å². The van der Waals surface area contributed by atoms with Crippen molar-refractivity contribution in [3.8, 4) is 0 Å². The second-order valence-electron chi connectivity index (χ2n) is 6.11. The Bertz CT molecular complexity index is 768. The number of carbonyl (C=O) groups is 1. The molecule has 0 bridgehead atoms. The van der Waals surface area contributed by atoms with Crippen molar-refractivity contribution >= 4 is 5.91 Å². The molecule has 0 N–H and O–H groups in total. The number of halogens is 2. The lowest BCUT2D eigenvalue weighted by Gasteiger charge is -2.25. The van der Waals surface area contributed by atoms with Crippen LogP contribution >= 0.6 is 0 Å². The Morgan fingerprint density at radius 2 is 2.09 bits per heavy atom. The van der Waals surface area contributed by atoms with E-state index in [4.69, 9.17) is 4.42 Å². The zero-order chi connectivity index (χ0) is 16.7. The number of benzene rings is 1. The first-order valence-corrected chi connectivity index (χ1v) is 7.60. The number of oxazole rings is 1. The van der Waals surface area contributed by atoms with E-state index in [1.54, 1.807) is 0 Å². The number of fused-ring (bicyclic) bond motifs is 1. The van der Waals surface area contributed by atoms with Gasteiger partial charge in [-0.25, -0.2) is 13.8 Å². The van der Waals surface area contributed by atoms with Crippen LogP contribution in [0.25, 0.3) is 0 Å². The normalized spacial score (nSPS) is 14.3. The van der Waals surface area contributed by atoms with E-state index in [0.717, 1.165) is 11.8 Å². The highest BCUT2D eigenvalue weighted by Crippen LogP contribution is 2.26. The van der Waals surface area contributed by atoms with Gasteiger partial charge in [0.2, 0.25) is 0 Å². The fourth-order valence-corrected chi connectivity index (χ4v) is 2.65. The average molecular weight is 320 g/mol. The molecule has 2 heterocycles. The van der Waals surface area contributed by atoms with Gasteiger partial charge in [0.1, 0.15) is 28.7 Å². The molecule has 1 aliphatic heterocycles. The number of nitrogens with zero attached hydrogens (tertiary/aromatic N) is 2. The van der Waals surface area contributed by atoms with Crippen LogP contribution in [-0.2, 0) is 13.0 Å². The van der Waals surface area contributed by atoms with Gasteiger partial charge in [-0.3, -0.25) is 4.79 Å². The third-order valence-electron chi connectivity index (χ3n) is 4.02. The van der Waals surface area contributed by atoms with E-state index in [-0.39, 0.29) is 18.0 Å². The van der Waals surface area contributed by atoms with Crippen LogP contribution < -0.4 is 0 Å². The zero-order valence-electron chi connectivity index (χ0n) is 13.3. The predicted molar refractivity (Wildman–Crippen MR) is 80.1 cm³/mol. The molecule has 4 nitrogen and oxygen atoms in total. The highest BCUT2D eigenvalue weighted by molar-refractivity contribution is 5.95. The van der Waals surface area contributed by atoms with Crippen LogP contribution in [0.2, 0.25) is 0 Å². The van der Waals surface area contributed by atoms with Crippen molar-refractivity contribution in [1.82, 2.24) is 9.88 Å². The minimum absolute atomic E-state index is 0.149. The summed E-state index contributed by atoms with van der Waals surface area (Å²) in [4.78, 5) is 18.3. The molecule has 0 unspecified atom stereocenters. The Morgan fingerprint density at radius 3 is 2.78 bits per heavy atom. The molecule has 0 saturated carbocycles. The second-order valence-corrected chi connectivity index (χ2v) is 6.11. The molecule has 0 saturated heterocycles. The van der Waals surface area contributed by atoms with Gasteiger partial charge in [-0.2, -0.15) is 0 Å². The summed E-state index contributed by atoms with van der Waals surface area (Å²) in [5.74, 6) is -0.768. The van der Waals surface area contributed by atoms with Gasteiger partial charge in [0.25, 0.3) is 5.91 Å². The van der Waals surface area contributed by atoms with E-state index in [0.29, 0.717) is 24.6 Å². The summed E-state index contributed by atoms with van der Waals surface area (Å²) in [5, 5.41) is 0. The Balaban J connectivity index is 1.89. The van der Waals surface area contributed by atoms with Gasteiger partial charge in [0, 0.05) is 18.9 Å². The fraction of sp³-hybridized carbons (Fsp3) is 0.412. The molecule has 1 aromatic heterocycles. The summed E-state index contributed by atoms with van der Waals surface area (Å²) in [6.45, 7) is 6.00. The van der Waals surface area contributed by atoms with Gasteiger partial charge in [-0.1, -0.05) is 19.9 Å². The van der Waals surface area contributed by atoms with E-state index >= 15 is 0 Å². The number of carbonyl (C=O) groups excluding carboxylic acids is 1. The second kappa shape index (κ2) is 5.76. The molecule has 23 heavy (non-hydrogen) atoms. The minimum atomic E-state index is -0.841. The van der Waals surface area contributed by atoms with Gasteiger partial charge in [0.15, 0.2) is 5.89 Å². The van der Waals surface area contributed by atoms with E-state index in [1.807, 2.05) is 13.8 Å². The van der Waals surface area contributed by atoms with Crippen molar-refractivity contribution in [2.24, 2.45) is 0 Å². The van der Waals surface area contributed by atoms with Crippen molar-refractivity contribution in [2.45, 2.75) is 39.7 Å². The Labute approximate surface area is 133 Å². The monoisotopic (exact) mass is 320 g/mol. The highest BCUT2D eigenvalue weighted by Gasteiger charge is 2.30. The van der Waals surface area contributed by atoms with E-state index < -0.39 is 23.1 Å². The lowest BCUT2D eigenvalue weighted by molar-refractivity contribution is 0.0717. The smallest absolute Gasteiger partial charge is 0.260 e. The number of amides is 1. The van der Waals surface area contributed by atoms with Gasteiger partial charge in [-0.15, -0.1) is 0 Å². The van der Waals surface area contributed by atoms with Crippen molar-refractivity contribution in [3.63, 3.8) is 0 Å². The first-order valence-electron chi connectivity index (χ1n) is 7.60. The number of rotatable bonds is 2. The summed E-state index contributed by atoms with van der Waals surface area (Å²) in [5.41, 5.74) is 0.416. The van der Waals surface area contributed by atoms with Gasteiger partial charge in [0.05, 0.1) is 6.54 Å². The van der Waals surface area contributed by atoms with Crippen LogP contribution in [0.3, 0.4) is 0 Å². The predicted octanol–water partition coefficient (Wildman–Crippen LogP) is 3.58. The fourth-order valence-electron chi connectivity index (χ4n) is 2.65. The van der Waals surface area contributed by atoms with Crippen LogP contribution in [0.15, 0.2) is 16.5 Å². The summed E-state index contributed by atoms with van der Waals surface area (Å²) < 4.78 is 33.7. The molecule has 1 amide bonds. The molecule has 0 spiro atoms. The SMILES string of the molecule is Cc1ccc(F)c(C(=O)N2CCc3oc(C(C)C)nc3C2)c1F. The molecule has 0 aliphatic carbocycles.